The predicted molar refractivity (Wildman–Crippen MR) is 70.7 cm³/mol. The minimum atomic E-state index is -0.404. The van der Waals surface area contributed by atoms with E-state index in [0.717, 1.165) is 12.2 Å². The molecule has 6 heteroatoms. The highest BCUT2D eigenvalue weighted by atomic mass is 16.6. The summed E-state index contributed by atoms with van der Waals surface area (Å²) in [5, 5.41) is 14.2. The van der Waals surface area contributed by atoms with E-state index < -0.39 is 4.92 Å². The zero-order valence-electron chi connectivity index (χ0n) is 10.8. The van der Waals surface area contributed by atoms with E-state index in [9.17, 15) is 10.1 Å². The second-order valence-corrected chi connectivity index (χ2v) is 4.15. The first kappa shape index (κ1) is 13.2. The third-order valence-corrected chi connectivity index (χ3v) is 2.76. The number of para-hydroxylation sites is 1. The van der Waals surface area contributed by atoms with Crippen LogP contribution in [0.3, 0.4) is 0 Å². The molecule has 1 heterocycles. The van der Waals surface area contributed by atoms with Gasteiger partial charge in [-0.25, -0.2) is 4.98 Å². The summed E-state index contributed by atoms with van der Waals surface area (Å²) in [5.74, 6) is 0.281. The Morgan fingerprint density at radius 2 is 2.26 bits per heavy atom. The van der Waals surface area contributed by atoms with Crippen LogP contribution < -0.4 is 5.32 Å². The highest BCUT2D eigenvalue weighted by Gasteiger charge is 2.21. The Bertz CT molecular complexity index is 593. The molecule has 0 aliphatic carbocycles. The minimum Gasteiger partial charge on any atom is -0.444 e. The average molecular weight is 261 g/mol. The first-order valence-electron chi connectivity index (χ1n) is 6.03. The van der Waals surface area contributed by atoms with E-state index in [1.165, 1.54) is 6.26 Å². The van der Waals surface area contributed by atoms with Gasteiger partial charge in [-0.05, 0) is 19.5 Å². The topological polar surface area (TPSA) is 81.2 Å². The van der Waals surface area contributed by atoms with Gasteiger partial charge in [0.1, 0.15) is 11.8 Å². The molecular formula is C13H15N3O3. The van der Waals surface area contributed by atoms with Gasteiger partial charge in [0.15, 0.2) is 0 Å². The number of rotatable bonds is 5. The molecule has 0 aliphatic rings. The number of aromatic nitrogens is 1. The maximum Gasteiger partial charge on any atom is 0.284 e. The number of benzene rings is 1. The van der Waals surface area contributed by atoms with Crippen LogP contribution in [0.5, 0.6) is 0 Å². The summed E-state index contributed by atoms with van der Waals surface area (Å²) in [7, 11) is 0. The molecule has 2 rings (SSSR count). The molecular weight excluding hydrogens is 246 g/mol. The molecule has 0 aliphatic heterocycles. The van der Waals surface area contributed by atoms with Crippen LogP contribution in [-0.2, 0) is 6.54 Å². The van der Waals surface area contributed by atoms with Gasteiger partial charge >= 0.3 is 0 Å². The normalized spacial score (nSPS) is 10.6. The van der Waals surface area contributed by atoms with Crippen molar-refractivity contribution in [2.75, 3.05) is 6.54 Å². The van der Waals surface area contributed by atoms with Gasteiger partial charge in [-0.3, -0.25) is 10.1 Å². The van der Waals surface area contributed by atoms with Crippen LogP contribution in [0.25, 0.3) is 11.5 Å². The Morgan fingerprint density at radius 1 is 1.47 bits per heavy atom. The Morgan fingerprint density at radius 3 is 2.95 bits per heavy atom. The smallest absolute Gasteiger partial charge is 0.284 e. The summed E-state index contributed by atoms with van der Waals surface area (Å²) in [6, 6.07) is 5.10. The predicted octanol–water partition coefficient (Wildman–Crippen LogP) is 2.67. The van der Waals surface area contributed by atoms with E-state index >= 15 is 0 Å². The van der Waals surface area contributed by atoms with Crippen LogP contribution in [0.15, 0.2) is 28.9 Å². The van der Waals surface area contributed by atoms with Gasteiger partial charge in [0.25, 0.3) is 5.69 Å². The Kier molecular flexibility index (Phi) is 3.91. The molecule has 0 amide bonds. The molecule has 6 nitrogen and oxygen atoms in total. The van der Waals surface area contributed by atoms with Gasteiger partial charge in [0.05, 0.1) is 10.6 Å². The number of oxazole rings is 1. The molecule has 100 valence electrons. The molecule has 1 N–H and O–H groups in total. The van der Waals surface area contributed by atoms with Crippen LogP contribution in [0, 0.1) is 17.0 Å². The van der Waals surface area contributed by atoms with E-state index in [-0.39, 0.29) is 11.6 Å². The Hall–Kier alpha value is -2.21. The van der Waals surface area contributed by atoms with E-state index in [4.69, 9.17) is 4.42 Å². The molecule has 0 radical (unpaired) electrons. The maximum atomic E-state index is 11.1. The number of hydrogen-bond donors (Lipinski definition) is 1. The van der Waals surface area contributed by atoms with E-state index in [2.05, 4.69) is 10.3 Å². The van der Waals surface area contributed by atoms with Gasteiger partial charge in [-0.15, -0.1) is 0 Å². The van der Waals surface area contributed by atoms with E-state index in [1.807, 2.05) is 6.92 Å². The third kappa shape index (κ3) is 2.79. The summed E-state index contributed by atoms with van der Waals surface area (Å²) in [6.45, 7) is 5.10. The van der Waals surface area contributed by atoms with Crippen molar-refractivity contribution >= 4 is 5.69 Å². The number of aryl methyl sites for hydroxylation is 1. The molecule has 19 heavy (non-hydrogen) atoms. The molecule has 0 fully saturated rings. The molecule has 0 saturated carbocycles. The SMILES string of the molecule is CCNCc1coc(-c2cccc(C)c2[N+](=O)[O-])n1. The molecule has 2 aromatic rings. The first-order valence-corrected chi connectivity index (χ1v) is 6.03. The highest BCUT2D eigenvalue weighted by molar-refractivity contribution is 5.69. The largest absolute Gasteiger partial charge is 0.444 e. The van der Waals surface area contributed by atoms with Crippen molar-refractivity contribution in [3.63, 3.8) is 0 Å². The van der Waals surface area contributed by atoms with Crippen molar-refractivity contribution < 1.29 is 9.34 Å². The fourth-order valence-electron chi connectivity index (χ4n) is 1.84. The Balaban J connectivity index is 2.39. The van der Waals surface area contributed by atoms with Crippen LogP contribution in [0.4, 0.5) is 5.69 Å². The maximum absolute atomic E-state index is 11.1. The van der Waals surface area contributed by atoms with Gasteiger partial charge in [-0.2, -0.15) is 0 Å². The monoisotopic (exact) mass is 261 g/mol. The Labute approximate surface area is 110 Å². The van der Waals surface area contributed by atoms with E-state index in [1.54, 1.807) is 25.1 Å². The van der Waals surface area contributed by atoms with Gasteiger partial charge in [0.2, 0.25) is 5.89 Å². The lowest BCUT2D eigenvalue weighted by Gasteiger charge is -2.01. The zero-order chi connectivity index (χ0) is 13.8. The van der Waals surface area contributed by atoms with Crippen LogP contribution >= 0.6 is 0 Å². The average Bonchev–Trinajstić information content (AvgIpc) is 2.84. The molecule has 0 bridgehead atoms. The molecule has 0 unspecified atom stereocenters. The number of nitrogens with one attached hydrogen (secondary N) is 1. The summed E-state index contributed by atoms with van der Waals surface area (Å²) in [4.78, 5) is 15.0. The molecule has 1 aromatic heterocycles. The lowest BCUT2D eigenvalue weighted by Crippen LogP contribution is -2.11. The van der Waals surface area contributed by atoms with Crippen LogP contribution in [-0.4, -0.2) is 16.5 Å². The molecule has 0 saturated heterocycles. The molecule has 0 spiro atoms. The second kappa shape index (κ2) is 5.62. The van der Waals surface area contributed by atoms with Gasteiger partial charge in [-0.1, -0.05) is 19.1 Å². The van der Waals surface area contributed by atoms with Crippen molar-refractivity contribution in [1.29, 1.82) is 0 Å². The molecule has 1 aromatic carbocycles. The van der Waals surface area contributed by atoms with E-state index in [0.29, 0.717) is 17.7 Å². The highest BCUT2D eigenvalue weighted by Crippen LogP contribution is 2.31. The number of nitrogens with zero attached hydrogens (tertiary/aromatic N) is 2. The lowest BCUT2D eigenvalue weighted by molar-refractivity contribution is -0.384. The number of hydrogen-bond acceptors (Lipinski definition) is 5. The zero-order valence-corrected chi connectivity index (χ0v) is 10.8. The second-order valence-electron chi connectivity index (χ2n) is 4.15. The summed E-state index contributed by atoms with van der Waals surface area (Å²) in [5.41, 5.74) is 1.77. The summed E-state index contributed by atoms with van der Waals surface area (Å²) in [6.07, 6.45) is 1.52. The van der Waals surface area contributed by atoms with Crippen molar-refractivity contribution in [3.8, 4) is 11.5 Å². The number of nitro benzene ring substituents is 1. The van der Waals surface area contributed by atoms with Crippen molar-refractivity contribution in [2.24, 2.45) is 0 Å². The van der Waals surface area contributed by atoms with Gasteiger partial charge in [0, 0.05) is 12.1 Å². The molecule has 0 atom stereocenters. The van der Waals surface area contributed by atoms with Crippen molar-refractivity contribution in [1.82, 2.24) is 10.3 Å². The van der Waals surface area contributed by atoms with Gasteiger partial charge < -0.3 is 9.73 Å². The standard InChI is InChI=1S/C13H15N3O3/c1-3-14-7-10-8-19-13(15-10)11-6-4-5-9(2)12(11)16(17)18/h4-6,8,14H,3,7H2,1-2H3. The fraction of sp³-hybridized carbons (Fsp3) is 0.308. The minimum absolute atomic E-state index is 0.0411. The summed E-state index contributed by atoms with van der Waals surface area (Å²) < 4.78 is 5.34. The van der Waals surface area contributed by atoms with Crippen LogP contribution in [0.2, 0.25) is 0 Å². The first-order chi connectivity index (χ1) is 9.13. The van der Waals surface area contributed by atoms with Crippen LogP contribution in [0.1, 0.15) is 18.2 Å². The third-order valence-electron chi connectivity index (χ3n) is 2.76. The number of nitro groups is 1. The van der Waals surface area contributed by atoms with Crippen molar-refractivity contribution in [2.45, 2.75) is 20.4 Å². The lowest BCUT2D eigenvalue weighted by atomic mass is 10.1. The van der Waals surface area contributed by atoms with Crippen molar-refractivity contribution in [3.05, 3.63) is 45.8 Å². The fourth-order valence-corrected chi connectivity index (χ4v) is 1.84. The summed E-state index contributed by atoms with van der Waals surface area (Å²) >= 11 is 0. The quantitative estimate of drug-likeness (QED) is 0.661.